The molecule has 8 nitrogen and oxygen atoms in total. The first-order valence-corrected chi connectivity index (χ1v) is 6.12. The van der Waals surface area contributed by atoms with Crippen LogP contribution >= 0.6 is 24.8 Å². The van der Waals surface area contributed by atoms with Gasteiger partial charge in [-0.15, -0.1) is 24.8 Å². The third-order valence-corrected chi connectivity index (χ3v) is 3.69. The molecular weight excluding hydrogens is 321 g/mol. The number of nitrogens with one attached hydrogen (secondary N) is 1. The molecule has 4 heterocycles. The van der Waals surface area contributed by atoms with E-state index in [4.69, 9.17) is 15.2 Å². The number of hydrogen-bond donors (Lipinski definition) is 3. The van der Waals surface area contributed by atoms with Gasteiger partial charge in [0.15, 0.2) is 11.5 Å². The number of imidazole rings is 1. The van der Waals surface area contributed by atoms with Gasteiger partial charge in [-0.3, -0.25) is 0 Å². The molecule has 0 aliphatic carbocycles. The number of nitrogen functional groups attached to an aromatic ring is 1. The van der Waals surface area contributed by atoms with Crippen molar-refractivity contribution in [3.63, 3.8) is 0 Å². The Balaban J connectivity index is 0.000000807. The molecule has 10 heteroatoms. The Bertz CT molecular complexity index is 639. The molecule has 2 saturated heterocycles. The molecule has 2 aromatic rings. The maximum absolute atomic E-state index is 9.72. The number of H-pyrrole nitrogens is 1. The maximum Gasteiger partial charge on any atom is 0.183 e. The maximum atomic E-state index is 9.72. The van der Waals surface area contributed by atoms with Crippen LogP contribution in [0.5, 0.6) is 0 Å². The first-order chi connectivity index (χ1) is 9.24. The van der Waals surface area contributed by atoms with Crippen molar-refractivity contribution in [3.8, 4) is 0 Å². The van der Waals surface area contributed by atoms with Crippen LogP contribution in [0.1, 0.15) is 11.7 Å². The third-order valence-electron chi connectivity index (χ3n) is 3.69. The second-order valence-electron chi connectivity index (χ2n) is 4.84. The molecule has 21 heavy (non-hydrogen) atoms. The van der Waals surface area contributed by atoms with Crippen molar-refractivity contribution >= 4 is 41.8 Å². The third kappa shape index (κ3) is 2.43. The Labute approximate surface area is 132 Å². The van der Waals surface area contributed by atoms with Gasteiger partial charge in [-0.1, -0.05) is 0 Å². The summed E-state index contributed by atoms with van der Waals surface area (Å²) in [5, 5.41) is 9.72. The largest absolute Gasteiger partial charge is 0.388 e. The molecule has 116 valence electrons. The van der Waals surface area contributed by atoms with Crippen LogP contribution in [0.2, 0.25) is 0 Å². The SMILES string of the molecule is Cl.Cl.Nc1nc([C@@H]2COC3C2OC[C@@H]3O)nc2nc[nH]c12. The summed E-state index contributed by atoms with van der Waals surface area (Å²) in [4.78, 5) is 15.7. The summed E-state index contributed by atoms with van der Waals surface area (Å²) in [7, 11) is 0. The van der Waals surface area contributed by atoms with Gasteiger partial charge in [0.25, 0.3) is 0 Å². The number of aliphatic hydroxyl groups is 1. The lowest BCUT2D eigenvalue weighted by molar-refractivity contribution is 0.0181. The standard InChI is InChI=1S/C11H13N5O3.2ClH/c12-9-6-11(14-3-13-6)16-10(15-9)4-1-18-8-5(17)2-19-7(4)8;;/h3-5,7-8,17H,1-2H2,(H3,12,13,14,15,16);2*1H/t4-,5+,7?,8?;;/m1../s1. The van der Waals surface area contributed by atoms with E-state index < -0.39 is 6.10 Å². The number of hydrogen-bond acceptors (Lipinski definition) is 7. The zero-order valence-corrected chi connectivity index (χ0v) is 12.4. The molecule has 0 bridgehead atoms. The minimum Gasteiger partial charge on any atom is -0.388 e. The lowest BCUT2D eigenvalue weighted by Crippen LogP contribution is -2.28. The summed E-state index contributed by atoms with van der Waals surface area (Å²) in [6.45, 7) is 0.702. The summed E-state index contributed by atoms with van der Waals surface area (Å²) in [6.07, 6.45) is 0.431. The Hall–Kier alpha value is -1.19. The van der Waals surface area contributed by atoms with Gasteiger partial charge in [0.05, 0.1) is 31.6 Å². The van der Waals surface area contributed by atoms with Crippen LogP contribution in [0.4, 0.5) is 5.82 Å². The van der Waals surface area contributed by atoms with E-state index in [1.54, 1.807) is 0 Å². The van der Waals surface area contributed by atoms with Crippen LogP contribution in [-0.2, 0) is 9.47 Å². The minimum atomic E-state index is -0.582. The summed E-state index contributed by atoms with van der Waals surface area (Å²) in [6, 6.07) is 0. The van der Waals surface area contributed by atoms with Crippen molar-refractivity contribution in [1.82, 2.24) is 19.9 Å². The Morgan fingerprint density at radius 1 is 1.19 bits per heavy atom. The molecule has 4 rings (SSSR count). The van der Waals surface area contributed by atoms with Crippen LogP contribution in [0, 0.1) is 0 Å². The number of nitrogens with two attached hydrogens (primary N) is 1. The zero-order valence-electron chi connectivity index (χ0n) is 10.8. The van der Waals surface area contributed by atoms with Gasteiger partial charge < -0.3 is 25.3 Å². The van der Waals surface area contributed by atoms with E-state index in [1.165, 1.54) is 6.33 Å². The molecule has 2 fully saturated rings. The van der Waals surface area contributed by atoms with Crippen LogP contribution in [0.15, 0.2) is 6.33 Å². The molecule has 0 aromatic carbocycles. The second kappa shape index (κ2) is 5.90. The lowest BCUT2D eigenvalue weighted by Gasteiger charge is -2.14. The van der Waals surface area contributed by atoms with E-state index in [0.29, 0.717) is 29.4 Å². The van der Waals surface area contributed by atoms with Gasteiger partial charge in [-0.2, -0.15) is 0 Å². The predicted molar refractivity (Wildman–Crippen MR) is 78.8 cm³/mol. The van der Waals surface area contributed by atoms with Gasteiger partial charge in [0.2, 0.25) is 0 Å². The number of halogens is 2. The van der Waals surface area contributed by atoms with Gasteiger partial charge in [-0.25, -0.2) is 15.0 Å². The first kappa shape index (κ1) is 16.2. The summed E-state index contributed by atoms with van der Waals surface area (Å²) in [5.74, 6) is 0.795. The van der Waals surface area contributed by atoms with Crippen molar-refractivity contribution < 1.29 is 14.6 Å². The van der Waals surface area contributed by atoms with Crippen molar-refractivity contribution in [2.24, 2.45) is 0 Å². The molecule has 4 N–H and O–H groups in total. The van der Waals surface area contributed by atoms with E-state index in [-0.39, 0.29) is 49.5 Å². The highest BCUT2D eigenvalue weighted by atomic mass is 35.5. The lowest BCUT2D eigenvalue weighted by atomic mass is 10.0. The van der Waals surface area contributed by atoms with Crippen molar-refractivity contribution in [1.29, 1.82) is 0 Å². The highest BCUT2D eigenvalue weighted by molar-refractivity contribution is 5.85. The molecule has 2 aliphatic rings. The minimum absolute atomic E-state index is 0. The quantitative estimate of drug-likeness (QED) is 0.672. The highest BCUT2D eigenvalue weighted by Crippen LogP contribution is 2.36. The molecule has 0 amide bonds. The highest BCUT2D eigenvalue weighted by Gasteiger charge is 2.48. The Kier molecular flexibility index (Phi) is 4.54. The molecule has 2 aliphatic heterocycles. The van der Waals surface area contributed by atoms with E-state index in [2.05, 4.69) is 19.9 Å². The number of aromatic nitrogens is 4. The Morgan fingerprint density at radius 3 is 2.76 bits per heavy atom. The first-order valence-electron chi connectivity index (χ1n) is 6.12. The van der Waals surface area contributed by atoms with Crippen molar-refractivity contribution in [2.75, 3.05) is 18.9 Å². The average Bonchev–Trinajstić information content (AvgIpc) is 3.06. The second-order valence-corrected chi connectivity index (χ2v) is 4.84. The van der Waals surface area contributed by atoms with Crippen molar-refractivity contribution in [3.05, 3.63) is 12.2 Å². The molecule has 2 unspecified atom stereocenters. The van der Waals surface area contributed by atoms with Crippen LogP contribution in [0.25, 0.3) is 11.2 Å². The fourth-order valence-electron chi connectivity index (χ4n) is 2.74. The van der Waals surface area contributed by atoms with Gasteiger partial charge in [-0.05, 0) is 0 Å². The molecule has 0 saturated carbocycles. The predicted octanol–water partition coefficient (Wildman–Crippen LogP) is 0.0208. The van der Waals surface area contributed by atoms with E-state index in [0.717, 1.165) is 0 Å². The summed E-state index contributed by atoms with van der Waals surface area (Å²) < 4.78 is 11.1. The fourth-order valence-corrected chi connectivity index (χ4v) is 2.74. The van der Waals surface area contributed by atoms with Gasteiger partial charge >= 0.3 is 0 Å². The van der Waals surface area contributed by atoms with E-state index >= 15 is 0 Å². The monoisotopic (exact) mass is 335 g/mol. The normalized spacial score (nSPS) is 30.7. The molecule has 4 atom stereocenters. The van der Waals surface area contributed by atoms with Crippen LogP contribution in [-0.4, -0.2) is 56.6 Å². The number of anilines is 1. The van der Waals surface area contributed by atoms with E-state index in [1.807, 2.05) is 0 Å². The van der Waals surface area contributed by atoms with Crippen molar-refractivity contribution in [2.45, 2.75) is 24.2 Å². The summed E-state index contributed by atoms with van der Waals surface area (Å²) in [5.41, 5.74) is 7.04. The fraction of sp³-hybridized carbons (Fsp3) is 0.545. The van der Waals surface area contributed by atoms with E-state index in [9.17, 15) is 5.11 Å². The number of aliphatic hydroxyl groups excluding tert-OH is 1. The molecule has 0 radical (unpaired) electrons. The Morgan fingerprint density at radius 2 is 1.95 bits per heavy atom. The van der Waals surface area contributed by atoms with Gasteiger partial charge in [0.1, 0.15) is 23.5 Å². The molecular formula is C11H15Cl2N5O3. The van der Waals surface area contributed by atoms with Gasteiger partial charge in [0, 0.05) is 0 Å². The van der Waals surface area contributed by atoms with Crippen LogP contribution in [0.3, 0.4) is 0 Å². The number of fused-ring (bicyclic) bond motifs is 2. The molecule has 2 aromatic heterocycles. The van der Waals surface area contributed by atoms with Crippen LogP contribution < -0.4 is 5.73 Å². The number of aromatic amines is 1. The summed E-state index contributed by atoms with van der Waals surface area (Å²) >= 11 is 0. The zero-order chi connectivity index (χ0) is 13.0. The number of ether oxygens (including phenoxy) is 2. The smallest absolute Gasteiger partial charge is 0.183 e. The average molecular weight is 336 g/mol. The number of nitrogens with zero attached hydrogens (tertiary/aromatic N) is 3. The molecule has 0 spiro atoms. The topological polar surface area (TPSA) is 119 Å². The number of rotatable bonds is 1.